The molecule has 2 atom stereocenters. The minimum absolute atomic E-state index is 0.963. The molecule has 0 saturated carbocycles. The predicted octanol–water partition coefficient (Wildman–Crippen LogP) is 0.127. The summed E-state index contributed by atoms with van der Waals surface area (Å²) in [6.45, 7) is 1.35. The normalized spacial score (nSPS) is 16.7. The zero-order valence-electron chi connectivity index (χ0n) is 5.48. The van der Waals surface area contributed by atoms with Gasteiger partial charge in [-0.05, 0) is 6.92 Å². The Morgan fingerprint density at radius 2 is 2.40 bits per heavy atom. The lowest BCUT2D eigenvalue weighted by Crippen LogP contribution is -2.17. The van der Waals surface area contributed by atoms with Crippen molar-refractivity contribution in [3.05, 3.63) is 12.7 Å². The third-order valence-electron chi connectivity index (χ3n) is 1.09. The van der Waals surface area contributed by atoms with E-state index in [4.69, 9.17) is 5.11 Å². The average molecular weight is 145 g/mol. The number of nitrogens with zero attached hydrogens (tertiary/aromatic N) is 3. The fourth-order valence-corrected chi connectivity index (χ4v) is 0.566. The molecule has 0 radical (unpaired) electrons. The van der Waals surface area contributed by atoms with Crippen molar-refractivity contribution in [2.75, 3.05) is 0 Å². The molecule has 1 heterocycles. The van der Waals surface area contributed by atoms with Gasteiger partial charge in [0.2, 0.25) is 6.30 Å². The molecule has 0 aromatic carbocycles. The van der Waals surface area contributed by atoms with E-state index < -0.39 is 12.4 Å². The number of rotatable bonds is 2. The van der Waals surface area contributed by atoms with Gasteiger partial charge in [-0.25, -0.2) is 14.1 Å². The zero-order chi connectivity index (χ0) is 7.56. The summed E-state index contributed by atoms with van der Waals surface area (Å²) in [5.41, 5.74) is 0. The second-order valence-electron chi connectivity index (χ2n) is 1.99. The smallest absolute Gasteiger partial charge is 0.218 e. The summed E-state index contributed by atoms with van der Waals surface area (Å²) < 4.78 is 13.7. The Morgan fingerprint density at radius 1 is 1.70 bits per heavy atom. The summed E-state index contributed by atoms with van der Waals surface area (Å²) in [6.07, 6.45) is -0.115. The van der Waals surface area contributed by atoms with Crippen molar-refractivity contribution >= 4 is 0 Å². The van der Waals surface area contributed by atoms with Crippen LogP contribution in [0, 0.1) is 0 Å². The molecule has 5 heteroatoms. The first-order chi connectivity index (χ1) is 4.72. The van der Waals surface area contributed by atoms with Gasteiger partial charge in [0.1, 0.15) is 18.8 Å². The Labute approximate surface area is 57.3 Å². The lowest BCUT2D eigenvalue weighted by atomic mass is 10.4. The molecule has 0 fully saturated rings. The Morgan fingerprint density at radius 3 is 2.80 bits per heavy atom. The van der Waals surface area contributed by atoms with Gasteiger partial charge in [0, 0.05) is 0 Å². The molecule has 0 saturated heterocycles. The van der Waals surface area contributed by atoms with E-state index in [-0.39, 0.29) is 0 Å². The van der Waals surface area contributed by atoms with Crippen LogP contribution in [0.25, 0.3) is 0 Å². The molecule has 56 valence electrons. The van der Waals surface area contributed by atoms with Crippen LogP contribution >= 0.6 is 0 Å². The molecule has 2 unspecified atom stereocenters. The molecule has 0 aliphatic carbocycles. The van der Waals surface area contributed by atoms with E-state index in [1.807, 2.05) is 0 Å². The first-order valence-corrected chi connectivity index (χ1v) is 2.88. The first-order valence-electron chi connectivity index (χ1n) is 2.88. The molecule has 1 rings (SSSR count). The monoisotopic (exact) mass is 145 g/mol. The number of hydrogen-bond acceptors (Lipinski definition) is 3. The fourth-order valence-electron chi connectivity index (χ4n) is 0.566. The van der Waals surface area contributed by atoms with Crippen LogP contribution in [-0.2, 0) is 0 Å². The quantitative estimate of drug-likeness (QED) is 0.643. The van der Waals surface area contributed by atoms with E-state index in [9.17, 15) is 4.39 Å². The maximum absolute atomic E-state index is 12.7. The van der Waals surface area contributed by atoms with Crippen LogP contribution in [0.5, 0.6) is 0 Å². The van der Waals surface area contributed by atoms with Crippen molar-refractivity contribution in [2.45, 2.75) is 19.3 Å². The standard InChI is InChI=1S/C5H8FN3O/c1-4(10)5(6)9-3-7-2-8-9/h2-5,10H,1H3. The molecule has 1 aromatic heterocycles. The molecule has 4 nitrogen and oxygen atoms in total. The van der Waals surface area contributed by atoms with E-state index in [1.165, 1.54) is 19.6 Å². The Kier molecular flexibility index (Phi) is 1.96. The molecule has 1 N–H and O–H groups in total. The van der Waals surface area contributed by atoms with Crippen LogP contribution < -0.4 is 0 Å². The highest BCUT2D eigenvalue weighted by atomic mass is 19.1. The van der Waals surface area contributed by atoms with Gasteiger partial charge in [-0.2, -0.15) is 5.10 Å². The number of aromatic nitrogens is 3. The van der Waals surface area contributed by atoms with E-state index in [0.717, 1.165) is 4.68 Å². The highest BCUT2D eigenvalue weighted by Gasteiger charge is 2.14. The zero-order valence-corrected chi connectivity index (χ0v) is 5.48. The van der Waals surface area contributed by atoms with Crippen molar-refractivity contribution in [3.8, 4) is 0 Å². The maximum Gasteiger partial charge on any atom is 0.218 e. The summed E-state index contributed by atoms with van der Waals surface area (Å²) in [4.78, 5) is 3.53. The minimum Gasteiger partial charge on any atom is -0.388 e. The van der Waals surface area contributed by atoms with Gasteiger partial charge in [-0.3, -0.25) is 0 Å². The topological polar surface area (TPSA) is 50.9 Å². The second kappa shape index (κ2) is 2.74. The van der Waals surface area contributed by atoms with Gasteiger partial charge >= 0.3 is 0 Å². The molecular formula is C5H8FN3O. The van der Waals surface area contributed by atoms with Crippen LogP contribution in [0.4, 0.5) is 4.39 Å². The van der Waals surface area contributed by atoms with E-state index >= 15 is 0 Å². The lowest BCUT2D eigenvalue weighted by molar-refractivity contribution is 0.0397. The SMILES string of the molecule is CC(O)C(F)n1cncn1. The second-order valence-corrected chi connectivity index (χ2v) is 1.99. The van der Waals surface area contributed by atoms with Crippen molar-refractivity contribution in [1.29, 1.82) is 0 Å². The highest BCUT2D eigenvalue weighted by molar-refractivity contribution is 4.63. The van der Waals surface area contributed by atoms with Crippen molar-refractivity contribution in [1.82, 2.24) is 14.8 Å². The summed E-state index contributed by atoms with van der Waals surface area (Å²) in [5.74, 6) is 0. The van der Waals surface area contributed by atoms with E-state index in [1.54, 1.807) is 0 Å². The number of aliphatic hydroxyl groups is 1. The van der Waals surface area contributed by atoms with Gasteiger partial charge < -0.3 is 5.11 Å². The molecule has 10 heavy (non-hydrogen) atoms. The molecule has 0 spiro atoms. The number of hydrogen-bond donors (Lipinski definition) is 1. The van der Waals surface area contributed by atoms with Gasteiger partial charge in [0.15, 0.2) is 0 Å². The van der Waals surface area contributed by atoms with Crippen molar-refractivity contribution in [3.63, 3.8) is 0 Å². The van der Waals surface area contributed by atoms with Crippen LogP contribution in [0.1, 0.15) is 13.2 Å². The van der Waals surface area contributed by atoms with Gasteiger partial charge in [0.25, 0.3) is 0 Å². The summed E-state index contributed by atoms with van der Waals surface area (Å²) in [5, 5.41) is 12.2. The maximum atomic E-state index is 12.7. The van der Waals surface area contributed by atoms with Crippen LogP contribution in [0.3, 0.4) is 0 Å². The Hall–Kier alpha value is -0.970. The fraction of sp³-hybridized carbons (Fsp3) is 0.600. The van der Waals surface area contributed by atoms with Crippen LogP contribution in [-0.4, -0.2) is 26.0 Å². The van der Waals surface area contributed by atoms with Crippen LogP contribution in [0.15, 0.2) is 12.7 Å². The Balaban J connectivity index is 2.68. The van der Waals surface area contributed by atoms with Crippen molar-refractivity contribution < 1.29 is 9.50 Å². The number of alkyl halides is 1. The average Bonchev–Trinajstić information content (AvgIpc) is 2.36. The van der Waals surface area contributed by atoms with Gasteiger partial charge in [-0.15, -0.1) is 0 Å². The van der Waals surface area contributed by atoms with E-state index in [0.29, 0.717) is 0 Å². The summed E-state index contributed by atoms with van der Waals surface area (Å²) in [6, 6.07) is 0. The minimum atomic E-state index is -1.50. The molecule has 0 aliphatic rings. The number of halogens is 1. The first kappa shape index (κ1) is 7.14. The lowest BCUT2D eigenvalue weighted by Gasteiger charge is -2.09. The molecule has 0 bridgehead atoms. The summed E-state index contributed by atoms with van der Waals surface area (Å²) >= 11 is 0. The molecular weight excluding hydrogens is 137 g/mol. The molecule has 0 amide bonds. The third kappa shape index (κ3) is 1.30. The third-order valence-corrected chi connectivity index (χ3v) is 1.09. The van der Waals surface area contributed by atoms with Gasteiger partial charge in [-0.1, -0.05) is 0 Å². The number of aliphatic hydroxyl groups excluding tert-OH is 1. The van der Waals surface area contributed by atoms with E-state index in [2.05, 4.69) is 10.1 Å². The largest absolute Gasteiger partial charge is 0.388 e. The molecule has 0 aliphatic heterocycles. The Bertz CT molecular complexity index is 187. The predicted molar refractivity (Wildman–Crippen MR) is 31.8 cm³/mol. The molecule has 1 aromatic rings. The van der Waals surface area contributed by atoms with Crippen molar-refractivity contribution in [2.24, 2.45) is 0 Å². The van der Waals surface area contributed by atoms with Gasteiger partial charge in [0.05, 0.1) is 0 Å². The van der Waals surface area contributed by atoms with Crippen LogP contribution in [0.2, 0.25) is 0 Å². The summed E-state index contributed by atoms with van der Waals surface area (Å²) in [7, 11) is 0. The highest BCUT2D eigenvalue weighted by Crippen LogP contribution is 2.09.